The van der Waals surface area contributed by atoms with Crippen molar-refractivity contribution in [1.82, 2.24) is 19.4 Å². The minimum atomic E-state index is -0.205. The molecule has 2 atom stereocenters. The Morgan fingerprint density at radius 2 is 1.96 bits per heavy atom. The summed E-state index contributed by atoms with van der Waals surface area (Å²) in [6.07, 6.45) is 7.19. The second kappa shape index (κ2) is 6.79. The highest BCUT2D eigenvalue weighted by molar-refractivity contribution is 5.95. The number of hydrogen-bond acceptors (Lipinski definition) is 5. The number of amides is 1. The van der Waals surface area contributed by atoms with Gasteiger partial charge in [0.05, 0.1) is 6.20 Å². The van der Waals surface area contributed by atoms with Crippen LogP contribution in [0.25, 0.3) is 0 Å². The van der Waals surface area contributed by atoms with Crippen molar-refractivity contribution in [2.45, 2.75) is 32.7 Å². The van der Waals surface area contributed by atoms with E-state index in [0.29, 0.717) is 18.0 Å². The minimum absolute atomic E-state index is 0.0867. The third-order valence-electron chi connectivity index (χ3n) is 5.93. The third-order valence-corrected chi connectivity index (χ3v) is 5.93. The Hall–Kier alpha value is -2.70. The van der Waals surface area contributed by atoms with Crippen molar-refractivity contribution in [3.63, 3.8) is 0 Å². The predicted molar refractivity (Wildman–Crippen MR) is 103 cm³/mol. The van der Waals surface area contributed by atoms with Gasteiger partial charge in [-0.1, -0.05) is 0 Å². The number of nitrogens with zero attached hydrogens (tertiary/aromatic N) is 5. The molecule has 5 heterocycles. The molecule has 3 fully saturated rings. The van der Waals surface area contributed by atoms with Crippen LogP contribution in [-0.2, 0) is 7.05 Å². The van der Waals surface area contributed by atoms with Gasteiger partial charge >= 0.3 is 0 Å². The topological polar surface area (TPSA) is 71.3 Å². The fourth-order valence-electron chi connectivity index (χ4n) is 4.35. The Bertz CT molecular complexity index is 924. The van der Waals surface area contributed by atoms with Crippen LogP contribution in [0.1, 0.15) is 34.5 Å². The fraction of sp³-hybridized carbons (Fsp3) is 0.500. The number of rotatable bonds is 2. The van der Waals surface area contributed by atoms with Crippen molar-refractivity contribution in [2.75, 3.05) is 24.5 Å². The molecule has 2 aromatic heterocycles. The number of pyridine rings is 1. The Morgan fingerprint density at radius 3 is 2.70 bits per heavy atom. The first kappa shape index (κ1) is 17.7. The molecule has 142 valence electrons. The van der Waals surface area contributed by atoms with Crippen LogP contribution in [0.2, 0.25) is 0 Å². The molecule has 7 heteroatoms. The summed E-state index contributed by atoms with van der Waals surface area (Å²) in [5, 5.41) is 0. The molecule has 1 amide bonds. The fourth-order valence-corrected chi connectivity index (χ4v) is 4.35. The lowest BCUT2D eigenvalue weighted by Crippen LogP contribution is -2.49. The summed E-state index contributed by atoms with van der Waals surface area (Å²) >= 11 is 0. The summed E-state index contributed by atoms with van der Waals surface area (Å²) in [6.45, 7) is 6.02. The zero-order valence-electron chi connectivity index (χ0n) is 16.1. The molecule has 3 aliphatic heterocycles. The van der Waals surface area contributed by atoms with Gasteiger partial charge in [0.25, 0.3) is 11.5 Å². The maximum Gasteiger partial charge on any atom is 0.263 e. The van der Waals surface area contributed by atoms with E-state index in [2.05, 4.69) is 14.9 Å². The van der Waals surface area contributed by atoms with Gasteiger partial charge < -0.3 is 14.4 Å². The van der Waals surface area contributed by atoms with Crippen molar-refractivity contribution in [1.29, 1.82) is 0 Å². The molecular formula is C20H25N5O2. The molecule has 0 radical (unpaired) electrons. The van der Waals surface area contributed by atoms with Crippen molar-refractivity contribution >= 4 is 11.7 Å². The number of aryl methyl sites for hydroxylation is 2. The molecule has 7 nitrogen and oxygen atoms in total. The van der Waals surface area contributed by atoms with E-state index in [4.69, 9.17) is 0 Å². The second-order valence-corrected chi connectivity index (χ2v) is 7.73. The highest BCUT2D eigenvalue weighted by atomic mass is 16.2. The first-order valence-corrected chi connectivity index (χ1v) is 9.45. The van der Waals surface area contributed by atoms with E-state index < -0.39 is 0 Å². The van der Waals surface area contributed by atoms with Gasteiger partial charge in [-0.15, -0.1) is 0 Å². The lowest BCUT2D eigenvalue weighted by atomic mass is 9.94. The largest absolute Gasteiger partial charge is 0.353 e. The van der Waals surface area contributed by atoms with E-state index in [1.807, 2.05) is 24.8 Å². The van der Waals surface area contributed by atoms with Crippen molar-refractivity contribution in [3.05, 3.63) is 51.8 Å². The van der Waals surface area contributed by atoms with Gasteiger partial charge in [-0.25, -0.2) is 4.98 Å². The Balaban J connectivity index is 1.65. The molecule has 2 bridgehead atoms. The number of anilines is 1. The maximum atomic E-state index is 13.4. The average Bonchev–Trinajstić information content (AvgIpc) is 2.99. The third kappa shape index (κ3) is 3.11. The molecule has 3 saturated heterocycles. The first-order valence-electron chi connectivity index (χ1n) is 9.45. The molecule has 0 aromatic carbocycles. The van der Waals surface area contributed by atoms with Gasteiger partial charge in [0, 0.05) is 50.8 Å². The number of carbonyl (C=O) groups excluding carboxylic acids is 1. The molecular weight excluding hydrogens is 342 g/mol. The SMILES string of the molecule is Cc1cc(C)n(C)c(=O)c1C(=O)N1C[C@H]2CC[C@@H]1CN(c1cnccn1)C2. The lowest BCUT2D eigenvalue weighted by molar-refractivity contribution is 0.0589. The molecule has 0 spiro atoms. The number of fused-ring (bicyclic) bond motifs is 4. The number of carbonyl (C=O) groups is 1. The summed E-state index contributed by atoms with van der Waals surface area (Å²) in [5.41, 5.74) is 1.72. The zero-order valence-corrected chi connectivity index (χ0v) is 16.1. The van der Waals surface area contributed by atoms with Crippen LogP contribution in [-0.4, -0.2) is 51.0 Å². The normalized spacial score (nSPS) is 22.0. The summed E-state index contributed by atoms with van der Waals surface area (Å²) in [5.74, 6) is 1.10. The van der Waals surface area contributed by atoms with Crippen LogP contribution in [0, 0.1) is 19.8 Å². The summed E-state index contributed by atoms with van der Waals surface area (Å²) in [7, 11) is 1.72. The molecule has 0 saturated carbocycles. The van der Waals surface area contributed by atoms with Crippen molar-refractivity contribution in [2.24, 2.45) is 13.0 Å². The van der Waals surface area contributed by atoms with E-state index >= 15 is 0 Å². The van der Waals surface area contributed by atoms with Gasteiger partial charge in [-0.05, 0) is 44.2 Å². The minimum Gasteiger partial charge on any atom is -0.353 e. The van der Waals surface area contributed by atoms with E-state index in [0.717, 1.165) is 43.0 Å². The van der Waals surface area contributed by atoms with Gasteiger partial charge in [0.1, 0.15) is 11.4 Å². The van der Waals surface area contributed by atoms with E-state index in [1.54, 1.807) is 30.2 Å². The van der Waals surface area contributed by atoms with Crippen LogP contribution in [0.5, 0.6) is 0 Å². The Labute approximate surface area is 158 Å². The molecule has 0 N–H and O–H groups in total. The maximum absolute atomic E-state index is 13.4. The average molecular weight is 367 g/mol. The van der Waals surface area contributed by atoms with Crippen LogP contribution >= 0.6 is 0 Å². The van der Waals surface area contributed by atoms with E-state index in [9.17, 15) is 9.59 Å². The van der Waals surface area contributed by atoms with Crippen molar-refractivity contribution < 1.29 is 4.79 Å². The standard InChI is InChI=1S/C20H25N5O2/c1-13-8-14(2)23(3)19(26)18(13)20(27)25-11-15-4-5-16(25)12-24(10-15)17-9-21-6-7-22-17/h6-9,15-16H,4-5,10-12H2,1-3H3/t15-,16+/m0/s1. The van der Waals surface area contributed by atoms with Crippen LogP contribution in [0.4, 0.5) is 5.82 Å². The summed E-state index contributed by atoms with van der Waals surface area (Å²) in [4.78, 5) is 38.9. The zero-order chi connectivity index (χ0) is 19.1. The Morgan fingerprint density at radius 1 is 1.15 bits per heavy atom. The smallest absolute Gasteiger partial charge is 0.263 e. The number of hydrogen-bond donors (Lipinski definition) is 0. The monoisotopic (exact) mass is 367 g/mol. The summed E-state index contributed by atoms with van der Waals surface area (Å²) in [6, 6.07) is 2.00. The second-order valence-electron chi connectivity index (χ2n) is 7.73. The summed E-state index contributed by atoms with van der Waals surface area (Å²) < 4.78 is 1.56. The number of aromatic nitrogens is 3. The van der Waals surface area contributed by atoms with Crippen molar-refractivity contribution in [3.8, 4) is 0 Å². The van der Waals surface area contributed by atoms with Gasteiger partial charge in [0.15, 0.2) is 0 Å². The van der Waals surface area contributed by atoms with Gasteiger partial charge in [-0.2, -0.15) is 0 Å². The molecule has 2 aromatic rings. The molecule has 0 aliphatic carbocycles. The Kier molecular flexibility index (Phi) is 4.45. The van der Waals surface area contributed by atoms with Crippen LogP contribution in [0.3, 0.4) is 0 Å². The predicted octanol–water partition coefficient (Wildman–Crippen LogP) is 1.53. The van der Waals surface area contributed by atoms with E-state index in [1.165, 1.54) is 0 Å². The highest BCUT2D eigenvalue weighted by Gasteiger charge is 2.39. The lowest BCUT2D eigenvalue weighted by Gasteiger charge is -2.36. The molecule has 5 rings (SSSR count). The molecule has 0 unspecified atom stereocenters. The van der Waals surface area contributed by atoms with E-state index in [-0.39, 0.29) is 17.5 Å². The number of piperidine rings is 1. The van der Waals surface area contributed by atoms with Gasteiger partial charge in [0.2, 0.25) is 0 Å². The quantitative estimate of drug-likeness (QED) is 0.805. The van der Waals surface area contributed by atoms with Crippen LogP contribution in [0.15, 0.2) is 29.5 Å². The van der Waals surface area contributed by atoms with Crippen LogP contribution < -0.4 is 10.5 Å². The highest BCUT2D eigenvalue weighted by Crippen LogP contribution is 2.31. The first-order chi connectivity index (χ1) is 13.0. The molecule has 27 heavy (non-hydrogen) atoms. The molecule has 3 aliphatic rings. The van der Waals surface area contributed by atoms with Gasteiger partial charge in [-0.3, -0.25) is 14.6 Å².